The summed E-state index contributed by atoms with van der Waals surface area (Å²) in [5.74, 6) is 2.00. The van der Waals surface area contributed by atoms with Gasteiger partial charge in [-0.2, -0.15) is 6.07 Å². The fraction of sp³-hybridized carbons (Fsp3) is 0.219. The molecule has 0 amide bonds. The molecule has 0 fully saturated rings. The SMILES string of the molecule is CC(C)(C)c1cccc(-[n+]2[c-]n(-c3[c-]c(Oc4[c-]c5c(c(C(C)(C)c6ccccc6)c4)c4ccccc4n5-c4cc(C(C)(C)C)ccn4)cc(C(C)(C)c4ccccc4)c3)c(-c3ccccc3)c2)c1.[Pt]. The van der Waals surface area contributed by atoms with Crippen LogP contribution in [0.4, 0.5) is 0 Å². The van der Waals surface area contributed by atoms with Gasteiger partial charge in [0.1, 0.15) is 5.82 Å². The van der Waals surface area contributed by atoms with E-state index < -0.39 is 10.8 Å². The van der Waals surface area contributed by atoms with Crippen LogP contribution in [0.1, 0.15) is 103 Å². The molecule has 354 valence electrons. The van der Waals surface area contributed by atoms with Crippen molar-refractivity contribution in [3.05, 3.63) is 234 Å². The summed E-state index contributed by atoms with van der Waals surface area (Å²) < 4.78 is 13.8. The molecule has 0 atom stereocenters. The van der Waals surface area contributed by atoms with Crippen molar-refractivity contribution in [2.75, 3.05) is 0 Å². The molecule has 0 radical (unpaired) electrons. The van der Waals surface area contributed by atoms with Crippen LogP contribution in [0.25, 0.3) is 50.3 Å². The summed E-state index contributed by atoms with van der Waals surface area (Å²) >= 11 is 0. The van der Waals surface area contributed by atoms with Gasteiger partial charge in [0.15, 0.2) is 0 Å². The standard InChI is InChI=1S/C64H60N4O.Pt/c1-61(2,3)47-29-22-30-50(35-47)66-42-58(44-23-14-11-15-24-44)67(43-66)51-36-49(63(7,8)45-25-16-12-17-26-45)37-52(39-51)69-53-40-55(64(9,10)46-27-18-13-19-28-46)60-54-31-20-21-32-56(54)68(57(60)41-53)59-38-48(33-34-65-59)62(4,5)6;/h11-38,40,42H,1-10H3;/q-2;. The Bertz CT molecular complexity index is 3480. The first kappa shape index (κ1) is 48.2. The first-order valence-electron chi connectivity index (χ1n) is 24.0. The largest absolute Gasteiger partial charge is 0.510 e. The smallest absolute Gasteiger partial charge is 0.267 e. The summed E-state index contributed by atoms with van der Waals surface area (Å²) in [4.78, 5) is 5.03. The third-order valence-corrected chi connectivity index (χ3v) is 13.9. The van der Waals surface area contributed by atoms with E-state index in [0.717, 1.165) is 61.4 Å². The summed E-state index contributed by atoms with van der Waals surface area (Å²) in [6.45, 7) is 22.6. The van der Waals surface area contributed by atoms with Crippen molar-refractivity contribution < 1.29 is 30.4 Å². The number of para-hydroxylation sites is 1. The van der Waals surface area contributed by atoms with Crippen LogP contribution in [-0.2, 0) is 42.7 Å². The first-order chi connectivity index (χ1) is 33.0. The van der Waals surface area contributed by atoms with Crippen LogP contribution in [-0.4, -0.2) is 14.1 Å². The van der Waals surface area contributed by atoms with Gasteiger partial charge in [0.05, 0.1) is 11.4 Å². The van der Waals surface area contributed by atoms with Gasteiger partial charge >= 0.3 is 0 Å². The van der Waals surface area contributed by atoms with Gasteiger partial charge in [0.2, 0.25) is 0 Å². The number of ether oxygens (including phenoxy) is 1. The van der Waals surface area contributed by atoms with Crippen LogP contribution in [0, 0.1) is 18.5 Å². The van der Waals surface area contributed by atoms with E-state index in [4.69, 9.17) is 9.72 Å². The summed E-state index contributed by atoms with van der Waals surface area (Å²) in [7, 11) is 0. The van der Waals surface area contributed by atoms with E-state index >= 15 is 0 Å². The molecule has 0 aliphatic heterocycles. The number of rotatable bonds is 10. The maximum atomic E-state index is 7.27. The number of hydrogen-bond acceptors (Lipinski definition) is 2. The molecule has 0 saturated carbocycles. The third-order valence-electron chi connectivity index (χ3n) is 13.9. The molecule has 3 heterocycles. The van der Waals surface area contributed by atoms with E-state index in [1.165, 1.54) is 22.3 Å². The quantitative estimate of drug-likeness (QED) is 0.101. The summed E-state index contributed by atoms with van der Waals surface area (Å²) in [6, 6.07) is 67.9. The Kier molecular flexibility index (Phi) is 12.7. The van der Waals surface area contributed by atoms with Crippen molar-refractivity contribution >= 4 is 21.8 Å². The predicted molar refractivity (Wildman–Crippen MR) is 282 cm³/mol. The molecule has 0 saturated heterocycles. The van der Waals surface area contributed by atoms with Crippen molar-refractivity contribution in [3.63, 3.8) is 0 Å². The molecule has 0 N–H and O–H groups in total. The average molecular weight is 1100 g/mol. The van der Waals surface area contributed by atoms with Gasteiger partial charge in [-0.15, -0.1) is 35.4 Å². The van der Waals surface area contributed by atoms with Crippen molar-refractivity contribution in [3.8, 4) is 39.9 Å². The van der Waals surface area contributed by atoms with E-state index in [1.807, 2.05) is 6.20 Å². The molecule has 10 rings (SSSR count). The Morgan fingerprint density at radius 2 is 1.11 bits per heavy atom. The number of fused-ring (bicyclic) bond motifs is 3. The molecule has 10 aromatic rings. The Labute approximate surface area is 428 Å². The molecular formula is C64H60N4OPt-2. The number of benzene rings is 7. The second-order valence-electron chi connectivity index (χ2n) is 21.5. The van der Waals surface area contributed by atoms with Crippen molar-refractivity contribution in [2.45, 2.75) is 90.9 Å². The van der Waals surface area contributed by atoms with Crippen LogP contribution in [0.2, 0.25) is 0 Å². The summed E-state index contributed by atoms with van der Waals surface area (Å²) in [5, 5.41) is 2.25. The molecule has 6 heteroatoms. The Hall–Kier alpha value is -6.81. The second kappa shape index (κ2) is 18.5. The number of hydrogen-bond donors (Lipinski definition) is 0. The van der Waals surface area contributed by atoms with E-state index in [9.17, 15) is 0 Å². The van der Waals surface area contributed by atoms with E-state index in [2.05, 4.69) is 277 Å². The number of aromatic nitrogens is 4. The van der Waals surface area contributed by atoms with Crippen LogP contribution >= 0.6 is 0 Å². The molecule has 70 heavy (non-hydrogen) atoms. The molecule has 0 spiro atoms. The molecule has 0 bridgehead atoms. The molecule has 0 aliphatic rings. The van der Waals surface area contributed by atoms with Gasteiger partial charge in [0, 0.05) is 50.5 Å². The molecule has 5 nitrogen and oxygen atoms in total. The fourth-order valence-electron chi connectivity index (χ4n) is 9.62. The van der Waals surface area contributed by atoms with Gasteiger partial charge in [0.25, 0.3) is 6.33 Å². The van der Waals surface area contributed by atoms with E-state index in [1.54, 1.807) is 0 Å². The number of nitrogens with zero attached hydrogens (tertiary/aromatic N) is 4. The summed E-state index contributed by atoms with van der Waals surface area (Å²) in [6.07, 6.45) is 7.85. The van der Waals surface area contributed by atoms with E-state index in [0.29, 0.717) is 11.5 Å². The van der Waals surface area contributed by atoms with Gasteiger partial charge < -0.3 is 13.9 Å². The molecule has 7 aromatic carbocycles. The molecular weight excluding hydrogens is 1040 g/mol. The Balaban J connectivity index is 0.00000608. The third kappa shape index (κ3) is 9.09. The molecule has 0 unspecified atom stereocenters. The minimum Gasteiger partial charge on any atom is -0.510 e. The number of pyridine rings is 1. The van der Waals surface area contributed by atoms with Crippen molar-refractivity contribution in [1.82, 2.24) is 14.1 Å². The van der Waals surface area contributed by atoms with Crippen molar-refractivity contribution in [2.24, 2.45) is 0 Å². The monoisotopic (exact) mass is 1100 g/mol. The minimum absolute atomic E-state index is 0. The minimum atomic E-state index is -0.434. The van der Waals surface area contributed by atoms with Gasteiger partial charge in [-0.25, -0.2) is 4.98 Å². The molecule has 0 aliphatic carbocycles. The fourth-order valence-corrected chi connectivity index (χ4v) is 9.62. The van der Waals surface area contributed by atoms with E-state index in [-0.39, 0.29) is 31.9 Å². The number of imidazole rings is 1. The topological polar surface area (TPSA) is 35.9 Å². The van der Waals surface area contributed by atoms with Crippen LogP contribution in [0.3, 0.4) is 0 Å². The second-order valence-corrected chi connectivity index (χ2v) is 21.5. The van der Waals surface area contributed by atoms with Crippen molar-refractivity contribution in [1.29, 1.82) is 0 Å². The zero-order valence-electron chi connectivity index (χ0n) is 41.8. The first-order valence-corrected chi connectivity index (χ1v) is 24.0. The van der Waals surface area contributed by atoms with Crippen LogP contribution in [0.15, 0.2) is 182 Å². The van der Waals surface area contributed by atoms with Gasteiger partial charge in [-0.3, -0.25) is 4.57 Å². The maximum absolute atomic E-state index is 7.27. The zero-order chi connectivity index (χ0) is 48.3. The summed E-state index contributed by atoms with van der Waals surface area (Å²) in [5.41, 5.74) is 11.9. The Morgan fingerprint density at radius 1 is 0.529 bits per heavy atom. The van der Waals surface area contributed by atoms with Crippen LogP contribution < -0.4 is 9.30 Å². The van der Waals surface area contributed by atoms with Crippen LogP contribution in [0.5, 0.6) is 11.5 Å². The zero-order valence-corrected chi connectivity index (χ0v) is 44.1. The van der Waals surface area contributed by atoms with Gasteiger partial charge in [-0.05, 0) is 90.9 Å². The average Bonchev–Trinajstić information content (AvgIpc) is 3.95. The maximum Gasteiger partial charge on any atom is 0.267 e. The normalized spacial score (nSPS) is 12.3. The predicted octanol–water partition coefficient (Wildman–Crippen LogP) is 15.4. The molecule has 3 aromatic heterocycles. The Morgan fingerprint density at radius 3 is 1.79 bits per heavy atom. The van der Waals surface area contributed by atoms with Gasteiger partial charge in [-0.1, -0.05) is 201 Å².